The number of benzene rings is 3. The Labute approximate surface area is 210 Å². The molecular formula is C26H23IN2O5. The average molecular weight is 570 g/mol. The Hall–Kier alpha value is -3.40. The van der Waals surface area contributed by atoms with Gasteiger partial charge in [0.15, 0.2) is 0 Å². The molecular weight excluding hydrogens is 547 g/mol. The molecule has 0 fully saturated rings. The van der Waals surface area contributed by atoms with Crippen LogP contribution in [0, 0.1) is 3.57 Å². The zero-order chi connectivity index (χ0) is 24.2. The molecule has 0 saturated carbocycles. The van der Waals surface area contributed by atoms with Crippen LogP contribution in [0.15, 0.2) is 66.7 Å². The van der Waals surface area contributed by atoms with Crippen LogP contribution in [0.2, 0.25) is 0 Å². The van der Waals surface area contributed by atoms with Gasteiger partial charge in [0.25, 0.3) is 0 Å². The van der Waals surface area contributed by atoms with Gasteiger partial charge in [0.1, 0.15) is 6.61 Å². The predicted octanol–water partition coefficient (Wildman–Crippen LogP) is 5.25. The fraction of sp³-hybridized carbons (Fsp3) is 0.192. The van der Waals surface area contributed by atoms with Crippen LogP contribution < -0.4 is 10.6 Å². The molecule has 3 aromatic carbocycles. The minimum Gasteiger partial charge on any atom is -0.478 e. The molecule has 2 amide bonds. The smallest absolute Gasteiger partial charge is 0.407 e. The second kappa shape index (κ2) is 10.3. The minimum atomic E-state index is -1.07. The highest BCUT2D eigenvalue weighted by Crippen LogP contribution is 2.44. The van der Waals surface area contributed by atoms with Crippen molar-refractivity contribution >= 4 is 46.2 Å². The van der Waals surface area contributed by atoms with Crippen molar-refractivity contribution in [3.05, 3.63) is 87.0 Å². The topological polar surface area (TPSA) is 105 Å². The van der Waals surface area contributed by atoms with E-state index in [1.165, 1.54) is 12.1 Å². The van der Waals surface area contributed by atoms with E-state index in [2.05, 4.69) is 34.9 Å². The van der Waals surface area contributed by atoms with Crippen LogP contribution in [0.3, 0.4) is 0 Å². The van der Waals surface area contributed by atoms with E-state index in [0.717, 1.165) is 22.3 Å². The van der Waals surface area contributed by atoms with Gasteiger partial charge in [-0.1, -0.05) is 48.5 Å². The van der Waals surface area contributed by atoms with Crippen molar-refractivity contribution in [3.63, 3.8) is 0 Å². The summed E-state index contributed by atoms with van der Waals surface area (Å²) in [5.74, 6) is -1.45. The molecule has 3 N–H and O–H groups in total. The molecule has 0 saturated heterocycles. The maximum absolute atomic E-state index is 12.4. The molecule has 174 valence electrons. The third-order valence-corrected chi connectivity index (χ3v) is 6.63. The highest BCUT2D eigenvalue weighted by Gasteiger charge is 2.29. The number of carbonyl (C=O) groups excluding carboxylic acids is 2. The summed E-state index contributed by atoms with van der Waals surface area (Å²) in [7, 11) is 0. The standard InChI is InChI=1S/C26H23IN2O5/c1-15(12-24(30)29-23-13-16(25(31)32)10-11-22(23)27)28-26(33)34-14-21-19-8-4-2-6-17(19)18-7-3-5-9-20(18)21/h2-11,13,15,21H,12,14H2,1H3,(H,28,33)(H,29,30)(H,31,32). The van der Waals surface area contributed by atoms with Gasteiger partial charge in [0, 0.05) is 22.0 Å². The summed E-state index contributed by atoms with van der Waals surface area (Å²) >= 11 is 2.02. The van der Waals surface area contributed by atoms with Crippen LogP contribution in [-0.4, -0.2) is 35.7 Å². The molecule has 0 heterocycles. The van der Waals surface area contributed by atoms with Crippen LogP contribution >= 0.6 is 22.6 Å². The first-order chi connectivity index (χ1) is 16.3. The molecule has 7 nitrogen and oxygen atoms in total. The molecule has 34 heavy (non-hydrogen) atoms. The molecule has 0 bridgehead atoms. The number of fused-ring (bicyclic) bond motifs is 3. The summed E-state index contributed by atoms with van der Waals surface area (Å²) in [4.78, 5) is 36.0. The molecule has 0 aliphatic heterocycles. The summed E-state index contributed by atoms with van der Waals surface area (Å²) in [5, 5.41) is 14.5. The lowest BCUT2D eigenvalue weighted by atomic mass is 9.98. The Morgan fingerprint density at radius 1 is 1.00 bits per heavy atom. The van der Waals surface area contributed by atoms with Crippen molar-refractivity contribution in [2.45, 2.75) is 25.3 Å². The number of carbonyl (C=O) groups is 3. The predicted molar refractivity (Wildman–Crippen MR) is 137 cm³/mol. The largest absolute Gasteiger partial charge is 0.478 e. The summed E-state index contributed by atoms with van der Waals surface area (Å²) in [6, 6.07) is 20.2. The van der Waals surface area contributed by atoms with E-state index >= 15 is 0 Å². The molecule has 0 radical (unpaired) electrons. The normalized spacial score (nSPS) is 12.9. The SMILES string of the molecule is CC(CC(=O)Nc1cc(C(=O)O)ccc1I)NC(=O)OCC1c2ccccc2-c2ccccc21. The second-order valence-electron chi connectivity index (χ2n) is 8.12. The Kier molecular flexibility index (Phi) is 7.16. The number of carboxylic acids is 1. The number of halogens is 1. The zero-order valence-corrected chi connectivity index (χ0v) is 20.5. The van der Waals surface area contributed by atoms with Crippen molar-refractivity contribution in [2.24, 2.45) is 0 Å². The first-order valence-corrected chi connectivity index (χ1v) is 11.9. The number of rotatable bonds is 7. The van der Waals surface area contributed by atoms with Crippen molar-refractivity contribution in [1.82, 2.24) is 5.32 Å². The second-order valence-corrected chi connectivity index (χ2v) is 9.29. The Morgan fingerprint density at radius 3 is 2.24 bits per heavy atom. The highest BCUT2D eigenvalue weighted by molar-refractivity contribution is 14.1. The number of aromatic carboxylic acids is 1. The van der Waals surface area contributed by atoms with Gasteiger partial charge in [-0.25, -0.2) is 9.59 Å². The van der Waals surface area contributed by atoms with Gasteiger partial charge in [0.2, 0.25) is 5.91 Å². The monoisotopic (exact) mass is 570 g/mol. The van der Waals surface area contributed by atoms with E-state index in [0.29, 0.717) is 9.26 Å². The van der Waals surface area contributed by atoms with Gasteiger partial charge in [-0.2, -0.15) is 0 Å². The number of hydrogen-bond acceptors (Lipinski definition) is 4. The average Bonchev–Trinajstić information content (AvgIpc) is 3.12. The van der Waals surface area contributed by atoms with Crippen LogP contribution in [0.4, 0.5) is 10.5 Å². The lowest BCUT2D eigenvalue weighted by Gasteiger charge is -2.17. The van der Waals surface area contributed by atoms with Crippen LogP contribution in [-0.2, 0) is 9.53 Å². The Balaban J connectivity index is 1.31. The van der Waals surface area contributed by atoms with E-state index in [1.807, 2.05) is 46.9 Å². The van der Waals surface area contributed by atoms with E-state index in [9.17, 15) is 14.4 Å². The molecule has 0 spiro atoms. The molecule has 1 aliphatic rings. The van der Waals surface area contributed by atoms with Crippen molar-refractivity contribution in [2.75, 3.05) is 11.9 Å². The number of alkyl carbamates (subject to hydrolysis) is 1. The Morgan fingerprint density at radius 2 is 1.62 bits per heavy atom. The quantitative estimate of drug-likeness (QED) is 0.337. The third kappa shape index (κ3) is 5.22. The fourth-order valence-electron chi connectivity index (χ4n) is 4.13. The van der Waals surface area contributed by atoms with Gasteiger partial charge in [-0.15, -0.1) is 0 Å². The van der Waals surface area contributed by atoms with Gasteiger partial charge in [-0.3, -0.25) is 4.79 Å². The Bertz CT molecular complexity index is 1210. The van der Waals surface area contributed by atoms with Gasteiger partial charge in [-0.05, 0) is 70.0 Å². The summed E-state index contributed by atoms with van der Waals surface area (Å²) in [6.07, 6.45) is -0.581. The number of anilines is 1. The lowest BCUT2D eigenvalue weighted by Crippen LogP contribution is -2.36. The molecule has 0 aromatic heterocycles. The first kappa shape index (κ1) is 23.7. The fourth-order valence-corrected chi connectivity index (χ4v) is 4.60. The van der Waals surface area contributed by atoms with E-state index < -0.39 is 18.1 Å². The number of ether oxygens (including phenoxy) is 1. The highest BCUT2D eigenvalue weighted by atomic mass is 127. The number of amides is 2. The van der Waals surface area contributed by atoms with Crippen LogP contribution in [0.5, 0.6) is 0 Å². The van der Waals surface area contributed by atoms with Gasteiger partial charge in [0.05, 0.1) is 11.3 Å². The summed E-state index contributed by atoms with van der Waals surface area (Å²) < 4.78 is 6.24. The molecule has 1 unspecified atom stereocenters. The van der Waals surface area contributed by atoms with Gasteiger partial charge < -0.3 is 20.5 Å². The van der Waals surface area contributed by atoms with E-state index in [-0.39, 0.29) is 30.4 Å². The zero-order valence-electron chi connectivity index (χ0n) is 18.4. The van der Waals surface area contributed by atoms with Crippen molar-refractivity contribution in [3.8, 4) is 11.1 Å². The number of nitrogens with one attached hydrogen (secondary N) is 2. The molecule has 8 heteroatoms. The summed E-state index contributed by atoms with van der Waals surface area (Å²) in [5.41, 5.74) is 5.06. The van der Waals surface area contributed by atoms with E-state index in [1.54, 1.807) is 13.0 Å². The van der Waals surface area contributed by atoms with Crippen molar-refractivity contribution in [1.29, 1.82) is 0 Å². The van der Waals surface area contributed by atoms with Crippen LogP contribution in [0.25, 0.3) is 11.1 Å². The number of carboxylic acid groups (broad SMARTS) is 1. The molecule has 3 aromatic rings. The third-order valence-electron chi connectivity index (χ3n) is 5.69. The van der Waals surface area contributed by atoms with Crippen molar-refractivity contribution < 1.29 is 24.2 Å². The molecule has 4 rings (SSSR count). The van der Waals surface area contributed by atoms with Crippen LogP contribution in [0.1, 0.15) is 40.7 Å². The first-order valence-electron chi connectivity index (χ1n) is 10.8. The molecule has 1 atom stereocenters. The van der Waals surface area contributed by atoms with E-state index in [4.69, 9.17) is 9.84 Å². The maximum Gasteiger partial charge on any atom is 0.407 e. The molecule has 1 aliphatic carbocycles. The lowest BCUT2D eigenvalue weighted by molar-refractivity contribution is -0.116. The minimum absolute atomic E-state index is 0.0115. The maximum atomic E-state index is 12.4. The number of hydrogen-bond donors (Lipinski definition) is 3. The van der Waals surface area contributed by atoms with Gasteiger partial charge >= 0.3 is 12.1 Å². The summed E-state index contributed by atoms with van der Waals surface area (Å²) in [6.45, 7) is 1.90.